The molecule has 0 aromatic heterocycles. The standard InChI is InChI=1S/C11H8O2.C8H11N/c12-11(13)10-6-5-8-3-1-2-4-9(8)7-10;1-7-4-2-3-5-8(7)6-9/h1-7H,(H,12,13);2-5H,6,9H2,1H3. The van der Waals surface area contributed by atoms with E-state index in [0.717, 1.165) is 17.3 Å². The molecule has 0 radical (unpaired) electrons. The van der Waals surface area contributed by atoms with E-state index in [-0.39, 0.29) is 5.56 Å². The summed E-state index contributed by atoms with van der Waals surface area (Å²) in [6.45, 7) is 3.01. The van der Waals surface area contributed by atoms with Crippen molar-refractivity contribution in [2.75, 3.05) is 0 Å². The average molecular weight is 293 g/mol. The highest BCUT2D eigenvalue weighted by atomic mass is 16.4. The highest BCUT2D eigenvalue weighted by Crippen LogP contribution is 2.14. The van der Waals surface area contributed by atoms with Gasteiger partial charge in [-0.15, -0.1) is 0 Å². The molecular formula is C19H19NO2. The van der Waals surface area contributed by atoms with Crippen LogP contribution in [0.5, 0.6) is 0 Å². The summed E-state index contributed by atoms with van der Waals surface area (Å²) in [7, 11) is 0. The Labute approximate surface area is 130 Å². The van der Waals surface area contributed by atoms with Crippen LogP contribution < -0.4 is 10.8 Å². The van der Waals surface area contributed by atoms with Gasteiger partial charge in [0, 0.05) is 5.56 Å². The fourth-order valence-electron chi connectivity index (χ4n) is 2.21. The lowest BCUT2D eigenvalue weighted by Gasteiger charge is -2.03. The van der Waals surface area contributed by atoms with E-state index in [1.54, 1.807) is 18.2 Å². The summed E-state index contributed by atoms with van der Waals surface area (Å²) in [5, 5.41) is 12.5. The number of rotatable bonds is 2. The zero-order valence-electron chi connectivity index (χ0n) is 12.6. The molecule has 0 fully saturated rings. The molecule has 0 amide bonds. The van der Waals surface area contributed by atoms with E-state index in [4.69, 9.17) is 0 Å². The van der Waals surface area contributed by atoms with Gasteiger partial charge in [0.15, 0.2) is 0 Å². The van der Waals surface area contributed by atoms with Gasteiger partial charge in [-0.3, -0.25) is 0 Å². The number of carboxylic acid groups (broad SMARTS) is 1. The maximum Gasteiger partial charge on any atom is 0.0999 e. The Morgan fingerprint density at radius 2 is 1.59 bits per heavy atom. The predicted molar refractivity (Wildman–Crippen MR) is 86.0 cm³/mol. The summed E-state index contributed by atoms with van der Waals surface area (Å²) >= 11 is 0. The number of hydrogen-bond donors (Lipinski definition) is 1. The topological polar surface area (TPSA) is 67.8 Å². The van der Waals surface area contributed by atoms with Crippen molar-refractivity contribution in [3.63, 3.8) is 0 Å². The van der Waals surface area contributed by atoms with Crippen LogP contribution in [0.2, 0.25) is 0 Å². The van der Waals surface area contributed by atoms with E-state index in [1.807, 2.05) is 30.3 Å². The Balaban J connectivity index is 0.000000172. The van der Waals surface area contributed by atoms with E-state index < -0.39 is 5.97 Å². The highest BCUT2D eigenvalue weighted by molar-refractivity contribution is 5.93. The lowest BCUT2D eigenvalue weighted by molar-refractivity contribution is -0.386. The van der Waals surface area contributed by atoms with Crippen LogP contribution in [-0.2, 0) is 6.54 Å². The van der Waals surface area contributed by atoms with Gasteiger partial charge in [0.25, 0.3) is 0 Å². The van der Waals surface area contributed by atoms with Crippen molar-refractivity contribution < 1.29 is 15.6 Å². The van der Waals surface area contributed by atoms with Crippen LogP contribution in [-0.4, -0.2) is 5.97 Å². The number of aromatic carboxylic acids is 1. The lowest BCUT2D eigenvalue weighted by Crippen LogP contribution is -2.47. The molecular weight excluding hydrogens is 274 g/mol. The predicted octanol–water partition coefficient (Wildman–Crippen LogP) is 1.94. The fraction of sp³-hybridized carbons (Fsp3) is 0.105. The third-order valence-corrected chi connectivity index (χ3v) is 3.52. The summed E-state index contributed by atoms with van der Waals surface area (Å²) < 4.78 is 0. The molecule has 0 saturated heterocycles. The molecule has 3 N–H and O–H groups in total. The molecule has 0 spiro atoms. The number of carboxylic acids is 1. The first-order valence-electron chi connectivity index (χ1n) is 7.15. The second kappa shape index (κ2) is 7.38. The number of quaternary nitrogens is 1. The average Bonchev–Trinajstić information content (AvgIpc) is 2.55. The maximum absolute atomic E-state index is 10.5. The number of carbonyl (C=O) groups is 1. The van der Waals surface area contributed by atoms with Gasteiger partial charge in [0.05, 0.1) is 12.5 Å². The number of carbonyl (C=O) groups excluding carboxylic acids is 1. The zero-order valence-corrected chi connectivity index (χ0v) is 12.6. The van der Waals surface area contributed by atoms with Crippen LogP contribution in [0.25, 0.3) is 10.8 Å². The van der Waals surface area contributed by atoms with Gasteiger partial charge in [0.2, 0.25) is 0 Å². The van der Waals surface area contributed by atoms with Gasteiger partial charge >= 0.3 is 0 Å². The first-order chi connectivity index (χ1) is 10.6. The van der Waals surface area contributed by atoms with Crippen molar-refractivity contribution in [2.24, 2.45) is 0 Å². The van der Waals surface area contributed by atoms with Crippen molar-refractivity contribution in [2.45, 2.75) is 13.5 Å². The molecule has 0 saturated carbocycles. The maximum atomic E-state index is 10.5. The molecule has 3 nitrogen and oxygen atoms in total. The van der Waals surface area contributed by atoms with Gasteiger partial charge in [-0.25, -0.2) is 0 Å². The molecule has 3 aromatic carbocycles. The fourth-order valence-corrected chi connectivity index (χ4v) is 2.21. The van der Waals surface area contributed by atoms with E-state index in [9.17, 15) is 9.90 Å². The smallest absolute Gasteiger partial charge is 0.0999 e. The van der Waals surface area contributed by atoms with Crippen molar-refractivity contribution in [1.29, 1.82) is 0 Å². The monoisotopic (exact) mass is 293 g/mol. The number of fused-ring (bicyclic) bond motifs is 1. The Morgan fingerprint density at radius 3 is 2.18 bits per heavy atom. The molecule has 3 rings (SSSR count). The first-order valence-corrected chi connectivity index (χ1v) is 7.15. The van der Waals surface area contributed by atoms with Crippen LogP contribution in [0.3, 0.4) is 0 Å². The Morgan fingerprint density at radius 1 is 0.955 bits per heavy atom. The normalized spacial score (nSPS) is 9.91. The Hall–Kier alpha value is -2.65. The van der Waals surface area contributed by atoms with E-state index >= 15 is 0 Å². The lowest BCUT2D eigenvalue weighted by atomic mass is 10.1. The summed E-state index contributed by atoms with van der Waals surface area (Å²) in [6.07, 6.45) is 0. The van der Waals surface area contributed by atoms with Crippen molar-refractivity contribution in [1.82, 2.24) is 0 Å². The number of benzene rings is 3. The van der Waals surface area contributed by atoms with Crippen LogP contribution in [0.4, 0.5) is 0 Å². The van der Waals surface area contributed by atoms with Gasteiger partial charge in [0.1, 0.15) is 0 Å². The minimum atomic E-state index is -1.13. The summed E-state index contributed by atoms with van der Waals surface area (Å²) in [5.74, 6) is -1.13. The molecule has 0 unspecified atom stereocenters. The SMILES string of the molecule is Cc1ccccc1C[NH3+].O=C([O-])c1ccc2ccccc2c1. The molecule has 0 aliphatic heterocycles. The van der Waals surface area contributed by atoms with Gasteiger partial charge in [-0.2, -0.15) is 0 Å². The van der Waals surface area contributed by atoms with Gasteiger partial charge in [-0.1, -0.05) is 60.7 Å². The van der Waals surface area contributed by atoms with E-state index in [2.05, 4.69) is 30.9 Å². The molecule has 0 aliphatic carbocycles. The van der Waals surface area contributed by atoms with Crippen LogP contribution in [0.1, 0.15) is 21.5 Å². The minimum Gasteiger partial charge on any atom is -0.545 e. The molecule has 0 heterocycles. The van der Waals surface area contributed by atoms with Crippen molar-refractivity contribution >= 4 is 16.7 Å². The number of hydrogen-bond acceptors (Lipinski definition) is 2. The van der Waals surface area contributed by atoms with Crippen LogP contribution >= 0.6 is 0 Å². The third-order valence-electron chi connectivity index (χ3n) is 3.52. The van der Waals surface area contributed by atoms with Gasteiger partial charge < -0.3 is 15.6 Å². The third kappa shape index (κ3) is 3.93. The summed E-state index contributed by atoms with van der Waals surface area (Å²) in [4.78, 5) is 10.5. The Bertz CT molecular complexity index is 781. The zero-order chi connectivity index (χ0) is 15.9. The molecule has 0 atom stereocenters. The molecule has 0 bridgehead atoms. The van der Waals surface area contributed by atoms with E-state index in [0.29, 0.717) is 0 Å². The summed E-state index contributed by atoms with van der Waals surface area (Å²) in [6, 6.07) is 20.9. The molecule has 3 heteroatoms. The molecule has 0 aliphatic rings. The Kier molecular flexibility index (Phi) is 5.28. The highest BCUT2D eigenvalue weighted by Gasteiger charge is 1.95. The first kappa shape index (κ1) is 15.7. The minimum absolute atomic E-state index is 0.221. The number of aryl methyl sites for hydroxylation is 1. The van der Waals surface area contributed by atoms with Crippen molar-refractivity contribution in [3.8, 4) is 0 Å². The summed E-state index contributed by atoms with van der Waals surface area (Å²) in [5.41, 5.74) is 6.72. The second-order valence-corrected chi connectivity index (χ2v) is 5.03. The largest absolute Gasteiger partial charge is 0.545 e. The van der Waals surface area contributed by atoms with Crippen LogP contribution in [0.15, 0.2) is 66.7 Å². The van der Waals surface area contributed by atoms with Crippen molar-refractivity contribution in [3.05, 3.63) is 83.4 Å². The van der Waals surface area contributed by atoms with Gasteiger partial charge in [-0.05, 0) is 34.9 Å². The second-order valence-electron chi connectivity index (χ2n) is 5.03. The molecule has 3 aromatic rings. The molecule has 112 valence electrons. The molecule has 22 heavy (non-hydrogen) atoms. The van der Waals surface area contributed by atoms with E-state index in [1.165, 1.54) is 11.1 Å². The quantitative estimate of drug-likeness (QED) is 0.784. The van der Waals surface area contributed by atoms with Crippen LogP contribution in [0, 0.1) is 6.92 Å².